The average Bonchev–Trinajstić information content (AvgIpc) is 3.05. The summed E-state index contributed by atoms with van der Waals surface area (Å²) in [4.78, 5) is 11.3. The molecule has 2 rings (SSSR count). The van der Waals surface area contributed by atoms with Crippen LogP contribution in [0.5, 0.6) is 0 Å². The Balaban J connectivity index is 2.08. The van der Waals surface area contributed by atoms with Crippen LogP contribution in [0.15, 0.2) is 14.9 Å². The van der Waals surface area contributed by atoms with Crippen molar-refractivity contribution in [1.82, 2.24) is 15.4 Å². The molecule has 0 aromatic carbocycles. The molecule has 2 heterocycles. The average molecular weight is 299 g/mol. The van der Waals surface area contributed by atoms with Crippen LogP contribution in [0.2, 0.25) is 0 Å². The van der Waals surface area contributed by atoms with E-state index in [-0.39, 0.29) is 11.2 Å². The molecule has 2 aromatic rings. The van der Waals surface area contributed by atoms with Gasteiger partial charge >= 0.3 is 5.97 Å². The smallest absolute Gasteiger partial charge is 0.318 e. The van der Waals surface area contributed by atoms with Crippen LogP contribution in [0.25, 0.3) is 10.7 Å². The van der Waals surface area contributed by atoms with Crippen molar-refractivity contribution >= 4 is 29.1 Å². The second-order valence-electron chi connectivity index (χ2n) is 3.69. The summed E-state index contributed by atoms with van der Waals surface area (Å²) in [6.07, 6.45) is 0.785. The summed E-state index contributed by atoms with van der Waals surface area (Å²) in [7, 11) is 1.37. The third-order valence-electron chi connectivity index (χ3n) is 2.34. The molecule has 8 heteroatoms. The van der Waals surface area contributed by atoms with Crippen molar-refractivity contribution in [1.29, 1.82) is 0 Å². The van der Waals surface area contributed by atoms with Gasteiger partial charge in [-0.05, 0) is 6.92 Å². The molecule has 1 unspecified atom stereocenters. The molecule has 6 nitrogen and oxygen atoms in total. The summed E-state index contributed by atoms with van der Waals surface area (Å²) in [6, 6.07) is 1.85. The molecule has 2 aromatic heterocycles. The Morgan fingerprint density at radius 2 is 2.37 bits per heavy atom. The van der Waals surface area contributed by atoms with Gasteiger partial charge in [0, 0.05) is 12.5 Å². The molecule has 0 saturated heterocycles. The summed E-state index contributed by atoms with van der Waals surface area (Å²) in [6.45, 7) is 3.76. The fourth-order valence-corrected chi connectivity index (χ4v) is 3.28. The van der Waals surface area contributed by atoms with E-state index >= 15 is 0 Å². The number of methoxy groups -OCH3 is 1. The largest absolute Gasteiger partial charge is 0.468 e. The number of hydrogen-bond acceptors (Lipinski definition) is 8. The van der Waals surface area contributed by atoms with Crippen molar-refractivity contribution in [2.24, 2.45) is 0 Å². The maximum Gasteiger partial charge on any atom is 0.318 e. The summed E-state index contributed by atoms with van der Waals surface area (Å²) < 4.78 is 10.5. The molecule has 0 aliphatic carbocycles. The lowest BCUT2D eigenvalue weighted by Crippen LogP contribution is -2.14. The normalized spacial score (nSPS) is 12.4. The first-order valence-corrected chi connectivity index (χ1v) is 7.37. The molecule has 1 atom stereocenters. The molecule has 0 bridgehead atoms. The first kappa shape index (κ1) is 14.0. The van der Waals surface area contributed by atoms with Crippen LogP contribution >= 0.6 is 23.1 Å². The molecule has 0 aliphatic rings. The molecule has 0 amide bonds. The van der Waals surface area contributed by atoms with E-state index in [0.717, 1.165) is 12.2 Å². The van der Waals surface area contributed by atoms with Gasteiger partial charge in [0.15, 0.2) is 9.35 Å². The number of ether oxygens (including phenoxy) is 1. The SMILES string of the molecule is CCc1cc(-c2nnc(SC(C)C(=O)OC)s2)no1. The minimum Gasteiger partial charge on any atom is -0.468 e. The summed E-state index contributed by atoms with van der Waals surface area (Å²) in [5, 5.41) is 12.4. The Morgan fingerprint density at radius 3 is 3.00 bits per heavy atom. The van der Waals surface area contributed by atoms with Gasteiger partial charge in [-0.2, -0.15) is 0 Å². The number of rotatable bonds is 5. The van der Waals surface area contributed by atoms with Gasteiger partial charge in [-0.25, -0.2) is 0 Å². The second-order valence-corrected chi connectivity index (χ2v) is 6.25. The quantitative estimate of drug-likeness (QED) is 0.619. The Labute approximate surface area is 118 Å². The van der Waals surface area contributed by atoms with E-state index in [1.165, 1.54) is 30.2 Å². The molecule has 0 radical (unpaired) electrons. The van der Waals surface area contributed by atoms with Crippen LogP contribution in [-0.4, -0.2) is 33.7 Å². The lowest BCUT2D eigenvalue weighted by molar-refractivity contribution is -0.139. The van der Waals surface area contributed by atoms with E-state index in [4.69, 9.17) is 4.52 Å². The molecule has 0 N–H and O–H groups in total. The van der Waals surface area contributed by atoms with Crippen molar-refractivity contribution in [3.63, 3.8) is 0 Å². The van der Waals surface area contributed by atoms with Crippen LogP contribution in [0.1, 0.15) is 19.6 Å². The predicted octanol–water partition coefficient (Wildman–Crippen LogP) is 2.41. The van der Waals surface area contributed by atoms with E-state index in [2.05, 4.69) is 20.1 Å². The van der Waals surface area contributed by atoms with E-state index in [1.54, 1.807) is 6.92 Å². The molecular weight excluding hydrogens is 286 g/mol. The van der Waals surface area contributed by atoms with Gasteiger partial charge in [0.05, 0.1) is 7.11 Å². The highest BCUT2D eigenvalue weighted by atomic mass is 32.2. The van der Waals surface area contributed by atoms with Gasteiger partial charge in [-0.3, -0.25) is 4.79 Å². The minimum absolute atomic E-state index is 0.281. The van der Waals surface area contributed by atoms with Crippen molar-refractivity contribution in [2.75, 3.05) is 7.11 Å². The Bertz CT molecular complexity index is 567. The third kappa shape index (κ3) is 3.32. The van der Waals surface area contributed by atoms with Crippen molar-refractivity contribution < 1.29 is 14.1 Å². The Kier molecular flexibility index (Phi) is 4.54. The van der Waals surface area contributed by atoms with Crippen molar-refractivity contribution in [2.45, 2.75) is 29.9 Å². The maximum atomic E-state index is 11.3. The predicted molar refractivity (Wildman–Crippen MR) is 72.1 cm³/mol. The van der Waals surface area contributed by atoms with Crippen LogP contribution in [0, 0.1) is 0 Å². The topological polar surface area (TPSA) is 78.1 Å². The van der Waals surface area contributed by atoms with Gasteiger partial charge in [0.1, 0.15) is 16.7 Å². The molecule has 102 valence electrons. The number of thioether (sulfide) groups is 1. The fraction of sp³-hybridized carbons (Fsp3) is 0.455. The Morgan fingerprint density at radius 1 is 1.58 bits per heavy atom. The van der Waals surface area contributed by atoms with Crippen LogP contribution < -0.4 is 0 Å². The third-order valence-corrected chi connectivity index (χ3v) is 4.45. The molecule has 0 fully saturated rings. The van der Waals surface area contributed by atoms with E-state index < -0.39 is 0 Å². The zero-order chi connectivity index (χ0) is 13.8. The maximum absolute atomic E-state index is 11.3. The van der Waals surface area contributed by atoms with Crippen molar-refractivity contribution in [3.05, 3.63) is 11.8 Å². The number of hydrogen-bond donors (Lipinski definition) is 0. The zero-order valence-electron chi connectivity index (χ0n) is 10.7. The highest BCUT2D eigenvalue weighted by Gasteiger charge is 2.18. The summed E-state index contributed by atoms with van der Waals surface area (Å²) >= 11 is 2.69. The lowest BCUT2D eigenvalue weighted by atomic mass is 10.3. The number of aromatic nitrogens is 3. The molecule has 0 aliphatic heterocycles. The van der Waals surface area contributed by atoms with Gasteiger partial charge < -0.3 is 9.26 Å². The van der Waals surface area contributed by atoms with E-state index in [0.29, 0.717) is 15.0 Å². The highest BCUT2D eigenvalue weighted by molar-refractivity contribution is 8.02. The minimum atomic E-state index is -0.311. The molecule has 0 saturated carbocycles. The van der Waals surface area contributed by atoms with Crippen LogP contribution in [0.4, 0.5) is 0 Å². The number of carbonyl (C=O) groups is 1. The van der Waals surface area contributed by atoms with E-state index in [9.17, 15) is 4.79 Å². The summed E-state index contributed by atoms with van der Waals surface area (Å²) in [5.74, 6) is 0.527. The van der Waals surface area contributed by atoms with Gasteiger partial charge in [-0.1, -0.05) is 35.2 Å². The van der Waals surface area contributed by atoms with Crippen molar-refractivity contribution in [3.8, 4) is 10.7 Å². The van der Waals surface area contributed by atoms with E-state index in [1.807, 2.05) is 13.0 Å². The van der Waals surface area contributed by atoms with Gasteiger partial charge in [-0.15, -0.1) is 10.2 Å². The number of carbonyl (C=O) groups excluding carboxylic acids is 1. The van der Waals surface area contributed by atoms with Gasteiger partial charge in [0.25, 0.3) is 0 Å². The standard InChI is InChI=1S/C11H13N3O3S2/c1-4-7-5-8(14-17-7)9-12-13-11(19-9)18-6(2)10(15)16-3/h5-6H,4H2,1-3H3. The molecule has 19 heavy (non-hydrogen) atoms. The first-order valence-electron chi connectivity index (χ1n) is 5.68. The lowest BCUT2D eigenvalue weighted by Gasteiger charge is -2.04. The van der Waals surface area contributed by atoms with Crippen LogP contribution in [0.3, 0.4) is 0 Å². The second kappa shape index (κ2) is 6.16. The summed E-state index contributed by atoms with van der Waals surface area (Å²) in [5.41, 5.74) is 0.673. The number of nitrogens with zero attached hydrogens (tertiary/aromatic N) is 3. The number of aryl methyl sites for hydroxylation is 1. The van der Waals surface area contributed by atoms with Crippen LogP contribution in [-0.2, 0) is 16.0 Å². The first-order chi connectivity index (χ1) is 9.13. The highest BCUT2D eigenvalue weighted by Crippen LogP contribution is 2.31. The fourth-order valence-electron chi connectivity index (χ4n) is 1.31. The molecular formula is C11H13N3O3S2. The number of esters is 1. The monoisotopic (exact) mass is 299 g/mol. The van der Waals surface area contributed by atoms with Gasteiger partial charge in [0.2, 0.25) is 0 Å². The zero-order valence-corrected chi connectivity index (χ0v) is 12.4. The Hall–Kier alpha value is -1.41. The molecule has 0 spiro atoms.